The molecule has 0 aliphatic carbocycles. The quantitative estimate of drug-likeness (QED) is 0.574. The van der Waals surface area contributed by atoms with Gasteiger partial charge in [0.2, 0.25) is 0 Å². The van der Waals surface area contributed by atoms with E-state index >= 15 is 0 Å². The number of aldehydes is 2. The third-order valence-electron chi connectivity index (χ3n) is 5.04. The third kappa shape index (κ3) is 4.82. The van der Waals surface area contributed by atoms with Crippen molar-refractivity contribution in [2.24, 2.45) is 0 Å². The lowest BCUT2D eigenvalue weighted by Gasteiger charge is -2.28. The topological polar surface area (TPSA) is 115 Å². The van der Waals surface area contributed by atoms with Crippen molar-refractivity contribution >= 4 is 24.4 Å². The molecule has 2 N–H and O–H groups in total. The van der Waals surface area contributed by atoms with E-state index in [4.69, 9.17) is 0 Å². The first-order valence-electron chi connectivity index (χ1n) is 9.15. The van der Waals surface area contributed by atoms with E-state index in [0.29, 0.717) is 25.4 Å². The van der Waals surface area contributed by atoms with Crippen LogP contribution in [0.25, 0.3) is 0 Å². The SMILES string of the molecule is CCC(CO)N(C)C(=O)c1cc(C(=O)N(C)C(CC)CO)c(C=O)cc1C=O. The van der Waals surface area contributed by atoms with Gasteiger partial charge in [-0.25, -0.2) is 0 Å². The molecule has 1 aromatic rings. The molecule has 0 saturated carbocycles. The molecule has 0 radical (unpaired) electrons. The van der Waals surface area contributed by atoms with E-state index < -0.39 is 23.9 Å². The summed E-state index contributed by atoms with van der Waals surface area (Å²) < 4.78 is 0. The number of aliphatic hydroxyl groups excluding tert-OH is 2. The van der Waals surface area contributed by atoms with E-state index in [0.717, 1.165) is 0 Å². The summed E-state index contributed by atoms with van der Waals surface area (Å²) in [7, 11) is 3.00. The van der Waals surface area contributed by atoms with E-state index in [1.165, 1.54) is 36.0 Å². The van der Waals surface area contributed by atoms with E-state index in [-0.39, 0.29) is 35.5 Å². The number of hydrogen-bond acceptors (Lipinski definition) is 6. The maximum absolute atomic E-state index is 12.9. The van der Waals surface area contributed by atoms with Crippen LogP contribution in [-0.4, -0.2) is 83.8 Å². The highest BCUT2D eigenvalue weighted by Gasteiger charge is 2.27. The summed E-state index contributed by atoms with van der Waals surface area (Å²) >= 11 is 0. The monoisotopic (exact) mass is 392 g/mol. The number of hydrogen-bond donors (Lipinski definition) is 2. The van der Waals surface area contributed by atoms with Gasteiger partial charge in [-0.15, -0.1) is 0 Å². The zero-order chi connectivity index (χ0) is 21.4. The molecule has 0 saturated heterocycles. The number of rotatable bonds is 10. The van der Waals surface area contributed by atoms with Crippen molar-refractivity contribution in [2.45, 2.75) is 38.8 Å². The third-order valence-corrected chi connectivity index (χ3v) is 5.04. The summed E-state index contributed by atoms with van der Waals surface area (Å²) in [5.41, 5.74) is -0.0760. The van der Waals surface area contributed by atoms with Crippen molar-refractivity contribution in [3.63, 3.8) is 0 Å². The second kappa shape index (κ2) is 10.7. The number of carbonyl (C=O) groups is 4. The van der Waals surface area contributed by atoms with Crippen LogP contribution in [-0.2, 0) is 0 Å². The fraction of sp³-hybridized carbons (Fsp3) is 0.500. The predicted molar refractivity (Wildman–Crippen MR) is 104 cm³/mol. The standard InChI is InChI=1S/C20H28N2O6/c1-5-15(11-25)21(3)19(27)17-8-18(14(10-24)7-13(17)9-23)20(28)22(4)16(6-2)12-26/h7-10,15-16,25-26H,5-6,11-12H2,1-4H3. The van der Waals surface area contributed by atoms with E-state index in [9.17, 15) is 29.4 Å². The van der Waals surface area contributed by atoms with E-state index in [1.807, 2.05) is 13.8 Å². The average Bonchev–Trinajstić information content (AvgIpc) is 2.73. The van der Waals surface area contributed by atoms with Crippen LogP contribution in [0.2, 0.25) is 0 Å². The Hall–Kier alpha value is -2.58. The number of aliphatic hydroxyl groups is 2. The molecule has 1 rings (SSSR count). The summed E-state index contributed by atoms with van der Waals surface area (Å²) in [6.45, 7) is 3.13. The minimum Gasteiger partial charge on any atom is -0.394 e. The maximum atomic E-state index is 12.9. The first-order chi connectivity index (χ1) is 13.3. The number of likely N-dealkylation sites (N-methyl/N-ethyl adjacent to an activating group) is 2. The number of nitrogens with zero attached hydrogens (tertiary/aromatic N) is 2. The molecule has 0 aromatic heterocycles. The van der Waals surface area contributed by atoms with Gasteiger partial charge in [0.15, 0.2) is 12.6 Å². The second-order valence-corrected chi connectivity index (χ2v) is 6.58. The highest BCUT2D eigenvalue weighted by atomic mass is 16.3. The average molecular weight is 392 g/mol. The Kier molecular flexibility index (Phi) is 8.94. The minimum absolute atomic E-state index is 0.0138. The van der Waals surface area contributed by atoms with E-state index in [1.54, 1.807) is 0 Å². The highest BCUT2D eigenvalue weighted by molar-refractivity contribution is 6.08. The van der Waals surface area contributed by atoms with Crippen molar-refractivity contribution in [1.82, 2.24) is 9.80 Å². The number of benzene rings is 1. The Bertz CT molecular complexity index is 668. The fourth-order valence-electron chi connectivity index (χ4n) is 2.96. The molecule has 0 aliphatic rings. The van der Waals surface area contributed by atoms with Crippen molar-refractivity contribution in [2.75, 3.05) is 27.3 Å². The van der Waals surface area contributed by atoms with Gasteiger partial charge >= 0.3 is 0 Å². The summed E-state index contributed by atoms with van der Waals surface area (Å²) in [5, 5.41) is 18.9. The molecule has 2 amide bonds. The molecule has 2 unspecified atom stereocenters. The Balaban J connectivity index is 3.50. The van der Waals surface area contributed by atoms with Crippen LogP contribution in [0.1, 0.15) is 68.1 Å². The summed E-state index contributed by atoms with van der Waals surface area (Å²) in [5.74, 6) is -1.07. The van der Waals surface area contributed by atoms with Crippen molar-refractivity contribution < 1.29 is 29.4 Å². The molecule has 8 nitrogen and oxygen atoms in total. The van der Waals surface area contributed by atoms with Gasteiger partial charge in [-0.2, -0.15) is 0 Å². The Morgan fingerprint density at radius 2 is 1.21 bits per heavy atom. The maximum Gasteiger partial charge on any atom is 0.254 e. The summed E-state index contributed by atoms with van der Waals surface area (Å²) in [6.07, 6.45) is 1.92. The van der Waals surface area contributed by atoms with Gasteiger partial charge in [0.05, 0.1) is 36.4 Å². The van der Waals surface area contributed by atoms with Crippen LogP contribution in [0.15, 0.2) is 12.1 Å². The van der Waals surface area contributed by atoms with Gasteiger partial charge in [0.1, 0.15) is 0 Å². The van der Waals surface area contributed by atoms with Crippen molar-refractivity contribution in [3.8, 4) is 0 Å². The molecule has 28 heavy (non-hydrogen) atoms. The van der Waals surface area contributed by atoms with Gasteiger partial charge in [-0.05, 0) is 25.0 Å². The molecule has 0 fully saturated rings. The van der Waals surface area contributed by atoms with Crippen LogP contribution in [0.4, 0.5) is 0 Å². The first-order valence-corrected chi connectivity index (χ1v) is 9.15. The molecule has 2 atom stereocenters. The van der Waals surface area contributed by atoms with E-state index in [2.05, 4.69) is 0 Å². The normalized spacial score (nSPS) is 12.8. The van der Waals surface area contributed by atoms with Crippen LogP contribution < -0.4 is 0 Å². The fourth-order valence-corrected chi connectivity index (χ4v) is 2.96. The molecular weight excluding hydrogens is 364 g/mol. The molecular formula is C20H28N2O6. The predicted octanol–water partition coefficient (Wildman–Crippen LogP) is 0.997. The van der Waals surface area contributed by atoms with Gasteiger partial charge < -0.3 is 20.0 Å². The lowest BCUT2D eigenvalue weighted by molar-refractivity contribution is 0.0647. The Morgan fingerprint density at radius 1 is 0.857 bits per heavy atom. The second-order valence-electron chi connectivity index (χ2n) is 6.58. The highest BCUT2D eigenvalue weighted by Crippen LogP contribution is 2.20. The number of carbonyl (C=O) groups excluding carboxylic acids is 4. The zero-order valence-corrected chi connectivity index (χ0v) is 16.7. The smallest absolute Gasteiger partial charge is 0.254 e. The zero-order valence-electron chi connectivity index (χ0n) is 16.7. The number of amides is 2. The Labute approximate surface area is 164 Å². The molecule has 154 valence electrons. The van der Waals surface area contributed by atoms with Crippen LogP contribution in [0.3, 0.4) is 0 Å². The molecule has 0 bridgehead atoms. The molecule has 0 aliphatic heterocycles. The Morgan fingerprint density at radius 3 is 1.46 bits per heavy atom. The van der Waals surface area contributed by atoms with Gasteiger partial charge in [-0.1, -0.05) is 13.8 Å². The van der Waals surface area contributed by atoms with Crippen molar-refractivity contribution in [1.29, 1.82) is 0 Å². The van der Waals surface area contributed by atoms with Crippen LogP contribution in [0.5, 0.6) is 0 Å². The first kappa shape index (κ1) is 23.5. The lowest BCUT2D eigenvalue weighted by atomic mass is 9.96. The molecule has 0 heterocycles. The molecule has 1 aromatic carbocycles. The largest absolute Gasteiger partial charge is 0.394 e. The van der Waals surface area contributed by atoms with Gasteiger partial charge in [0, 0.05) is 25.2 Å². The lowest BCUT2D eigenvalue weighted by Crippen LogP contribution is -2.40. The molecule has 8 heteroatoms. The summed E-state index contributed by atoms with van der Waals surface area (Å²) in [4.78, 5) is 51.3. The van der Waals surface area contributed by atoms with Crippen LogP contribution in [0, 0.1) is 0 Å². The van der Waals surface area contributed by atoms with Crippen molar-refractivity contribution in [3.05, 3.63) is 34.4 Å². The van der Waals surface area contributed by atoms with Gasteiger partial charge in [0.25, 0.3) is 11.8 Å². The van der Waals surface area contributed by atoms with Gasteiger partial charge in [-0.3, -0.25) is 19.2 Å². The molecule has 0 spiro atoms. The van der Waals surface area contributed by atoms with Crippen LogP contribution >= 0.6 is 0 Å². The minimum atomic E-state index is -0.536. The summed E-state index contributed by atoms with van der Waals surface area (Å²) in [6, 6.07) is 1.55.